The van der Waals surface area contributed by atoms with Gasteiger partial charge in [0.2, 0.25) is 0 Å². The van der Waals surface area contributed by atoms with Gasteiger partial charge in [0, 0.05) is 24.2 Å². The fraction of sp³-hybridized carbons (Fsp3) is 0.875. The lowest BCUT2D eigenvalue weighted by Gasteiger charge is -2.21. The van der Waals surface area contributed by atoms with Crippen molar-refractivity contribution in [2.75, 3.05) is 19.0 Å². The van der Waals surface area contributed by atoms with Crippen LogP contribution in [0.1, 0.15) is 12.8 Å². The van der Waals surface area contributed by atoms with Gasteiger partial charge >= 0.3 is 5.97 Å². The van der Waals surface area contributed by atoms with Crippen LogP contribution in [0.25, 0.3) is 0 Å². The van der Waals surface area contributed by atoms with Gasteiger partial charge in [-0.1, -0.05) is 0 Å². The molecule has 1 aliphatic rings. The van der Waals surface area contributed by atoms with Crippen molar-refractivity contribution in [2.24, 2.45) is 5.73 Å². The number of hydrogen-bond donors (Lipinski definition) is 2. The van der Waals surface area contributed by atoms with Crippen molar-refractivity contribution in [3.05, 3.63) is 0 Å². The van der Waals surface area contributed by atoms with Crippen molar-refractivity contribution in [3.63, 3.8) is 0 Å². The summed E-state index contributed by atoms with van der Waals surface area (Å²) in [5.41, 5.74) is 5.38. The normalized spacial score (nSPS) is 21.3. The van der Waals surface area contributed by atoms with Crippen molar-refractivity contribution in [1.29, 1.82) is 0 Å². The summed E-state index contributed by atoms with van der Waals surface area (Å²) in [4.78, 5) is 10.4. The Balaban J connectivity index is 2.13. The highest BCUT2D eigenvalue weighted by atomic mass is 32.2. The minimum absolute atomic E-state index is 0.500. The molecule has 1 rings (SSSR count). The third-order valence-corrected chi connectivity index (χ3v) is 3.49. The van der Waals surface area contributed by atoms with E-state index >= 15 is 0 Å². The van der Waals surface area contributed by atoms with Gasteiger partial charge in [0.15, 0.2) is 0 Å². The zero-order chi connectivity index (χ0) is 9.68. The van der Waals surface area contributed by atoms with Crippen LogP contribution in [-0.4, -0.2) is 41.3 Å². The van der Waals surface area contributed by atoms with Crippen LogP contribution >= 0.6 is 11.8 Å². The van der Waals surface area contributed by atoms with Crippen molar-refractivity contribution < 1.29 is 14.6 Å². The fourth-order valence-electron chi connectivity index (χ4n) is 1.15. The first-order chi connectivity index (χ1) is 6.20. The summed E-state index contributed by atoms with van der Waals surface area (Å²) in [5.74, 6) is -0.417. The van der Waals surface area contributed by atoms with E-state index in [0.717, 1.165) is 26.1 Å². The van der Waals surface area contributed by atoms with Crippen LogP contribution in [0, 0.1) is 0 Å². The van der Waals surface area contributed by atoms with Crippen LogP contribution in [0.3, 0.4) is 0 Å². The molecule has 1 fully saturated rings. The van der Waals surface area contributed by atoms with Gasteiger partial charge in [0.25, 0.3) is 0 Å². The van der Waals surface area contributed by atoms with Gasteiger partial charge in [-0.05, 0) is 12.8 Å². The van der Waals surface area contributed by atoms with Gasteiger partial charge in [0.1, 0.15) is 6.04 Å². The molecule has 0 unspecified atom stereocenters. The second-order valence-corrected chi connectivity index (χ2v) is 4.42. The van der Waals surface area contributed by atoms with Crippen LogP contribution in [-0.2, 0) is 9.53 Å². The highest BCUT2D eigenvalue weighted by molar-refractivity contribution is 7.99. The molecule has 76 valence electrons. The lowest BCUT2D eigenvalue weighted by molar-refractivity contribution is -0.137. The van der Waals surface area contributed by atoms with Crippen molar-refractivity contribution in [3.8, 4) is 0 Å². The monoisotopic (exact) mass is 205 g/mol. The molecule has 1 saturated heterocycles. The molecule has 0 aromatic rings. The van der Waals surface area contributed by atoms with E-state index in [2.05, 4.69) is 0 Å². The average molecular weight is 205 g/mol. The standard InChI is InChI=1S/C8H15NO3S/c9-7(8(10)11)5-13-6-1-3-12-4-2-6/h6-7H,1-5,9H2,(H,10,11)/t7-/m0/s1. The molecule has 0 spiro atoms. The Labute approximate surface area is 81.8 Å². The Morgan fingerprint density at radius 2 is 2.23 bits per heavy atom. The number of thioether (sulfide) groups is 1. The molecule has 0 bridgehead atoms. The van der Waals surface area contributed by atoms with E-state index in [1.165, 1.54) is 0 Å². The highest BCUT2D eigenvalue weighted by Crippen LogP contribution is 2.22. The first-order valence-corrected chi connectivity index (χ1v) is 5.42. The van der Waals surface area contributed by atoms with Crippen molar-refractivity contribution in [2.45, 2.75) is 24.1 Å². The van der Waals surface area contributed by atoms with E-state index in [9.17, 15) is 4.79 Å². The summed E-state index contributed by atoms with van der Waals surface area (Å²) in [7, 11) is 0. The number of nitrogens with two attached hydrogens (primary N) is 1. The van der Waals surface area contributed by atoms with Gasteiger partial charge in [-0.15, -0.1) is 0 Å². The molecule has 0 aromatic carbocycles. The quantitative estimate of drug-likeness (QED) is 0.691. The number of ether oxygens (including phenoxy) is 1. The third kappa shape index (κ3) is 3.97. The molecule has 0 radical (unpaired) electrons. The Morgan fingerprint density at radius 1 is 1.62 bits per heavy atom. The van der Waals surface area contributed by atoms with E-state index < -0.39 is 12.0 Å². The minimum atomic E-state index is -0.917. The Bertz CT molecular complexity index is 171. The summed E-state index contributed by atoms with van der Waals surface area (Å²) >= 11 is 1.65. The number of aliphatic carboxylic acids is 1. The van der Waals surface area contributed by atoms with Gasteiger partial charge in [-0.25, -0.2) is 0 Å². The molecule has 4 nitrogen and oxygen atoms in total. The summed E-state index contributed by atoms with van der Waals surface area (Å²) in [6.45, 7) is 1.58. The molecule has 0 aromatic heterocycles. The van der Waals surface area contributed by atoms with E-state index in [0.29, 0.717) is 11.0 Å². The predicted molar refractivity (Wildman–Crippen MR) is 51.9 cm³/mol. The van der Waals surface area contributed by atoms with Gasteiger partial charge in [0.05, 0.1) is 0 Å². The molecular weight excluding hydrogens is 190 g/mol. The van der Waals surface area contributed by atoms with Gasteiger partial charge in [-0.2, -0.15) is 11.8 Å². The van der Waals surface area contributed by atoms with E-state index in [4.69, 9.17) is 15.6 Å². The second-order valence-electron chi connectivity index (χ2n) is 3.09. The van der Waals surface area contributed by atoms with Gasteiger partial charge in [-0.3, -0.25) is 4.79 Å². The largest absolute Gasteiger partial charge is 0.480 e. The number of carboxylic acids is 1. The molecule has 1 heterocycles. The first-order valence-electron chi connectivity index (χ1n) is 4.38. The lowest BCUT2D eigenvalue weighted by Crippen LogP contribution is -2.33. The SMILES string of the molecule is N[C@@H](CSC1CCOCC1)C(=O)O. The van der Waals surface area contributed by atoms with Crippen LogP contribution in [0.2, 0.25) is 0 Å². The van der Waals surface area contributed by atoms with E-state index in [-0.39, 0.29) is 0 Å². The molecule has 0 aliphatic carbocycles. The molecule has 1 atom stereocenters. The molecular formula is C8H15NO3S. The number of carboxylic acid groups (broad SMARTS) is 1. The minimum Gasteiger partial charge on any atom is -0.480 e. The second kappa shape index (κ2) is 5.47. The summed E-state index contributed by atoms with van der Waals surface area (Å²) < 4.78 is 5.19. The summed E-state index contributed by atoms with van der Waals surface area (Å²) in [5, 5.41) is 9.08. The summed E-state index contributed by atoms with van der Waals surface area (Å²) in [6, 6.07) is -0.729. The average Bonchev–Trinajstić information content (AvgIpc) is 2.15. The molecule has 0 amide bonds. The molecule has 1 aliphatic heterocycles. The summed E-state index contributed by atoms with van der Waals surface area (Å²) in [6.07, 6.45) is 2.02. The van der Waals surface area contributed by atoms with E-state index in [1.54, 1.807) is 11.8 Å². The van der Waals surface area contributed by atoms with Crippen molar-refractivity contribution in [1.82, 2.24) is 0 Å². The maximum Gasteiger partial charge on any atom is 0.321 e. The Morgan fingerprint density at radius 3 is 2.77 bits per heavy atom. The molecule has 5 heteroatoms. The number of hydrogen-bond acceptors (Lipinski definition) is 4. The fourth-order valence-corrected chi connectivity index (χ4v) is 2.30. The van der Waals surface area contributed by atoms with Crippen LogP contribution in [0.5, 0.6) is 0 Å². The van der Waals surface area contributed by atoms with Crippen LogP contribution < -0.4 is 5.73 Å². The Kier molecular flexibility index (Phi) is 4.55. The topological polar surface area (TPSA) is 72.5 Å². The molecule has 13 heavy (non-hydrogen) atoms. The van der Waals surface area contributed by atoms with Crippen LogP contribution in [0.4, 0.5) is 0 Å². The Hall–Kier alpha value is -0.260. The maximum atomic E-state index is 10.4. The zero-order valence-corrected chi connectivity index (χ0v) is 8.26. The number of carbonyl (C=O) groups is 1. The maximum absolute atomic E-state index is 10.4. The molecule has 3 N–H and O–H groups in total. The molecule has 0 saturated carbocycles. The van der Waals surface area contributed by atoms with Crippen LogP contribution in [0.15, 0.2) is 0 Å². The zero-order valence-electron chi connectivity index (χ0n) is 7.44. The van der Waals surface area contributed by atoms with E-state index in [1.807, 2.05) is 0 Å². The smallest absolute Gasteiger partial charge is 0.321 e. The predicted octanol–water partition coefficient (Wildman–Crippen LogP) is 0.310. The number of rotatable bonds is 4. The van der Waals surface area contributed by atoms with Crippen molar-refractivity contribution >= 4 is 17.7 Å². The van der Waals surface area contributed by atoms with Gasteiger partial charge < -0.3 is 15.6 Å². The highest BCUT2D eigenvalue weighted by Gasteiger charge is 2.18. The first kappa shape index (κ1) is 10.8. The third-order valence-electron chi connectivity index (χ3n) is 2.00. The lowest BCUT2D eigenvalue weighted by atomic mass is 10.2.